The van der Waals surface area contributed by atoms with Gasteiger partial charge in [-0.05, 0) is 53.7 Å². The summed E-state index contributed by atoms with van der Waals surface area (Å²) in [4.78, 5) is 42.1. The van der Waals surface area contributed by atoms with Crippen LogP contribution in [0.2, 0.25) is 0 Å². The molecule has 2 aliphatic heterocycles. The van der Waals surface area contributed by atoms with Crippen LogP contribution in [0.1, 0.15) is 64.1 Å². The molecule has 0 saturated carbocycles. The minimum absolute atomic E-state index is 0.107. The van der Waals surface area contributed by atoms with Crippen LogP contribution in [-0.4, -0.2) is 72.2 Å². The SMILES string of the molecule is COc1cnc(C(=O)Nc2ccc(F)c([C@@]3(C)N=C(NC(=O)OC(C)(C)C)C(C)(C)[S@@]4(=O)=NCC(F)(F)C[C@H]34)n2)cn1. The number of anilines is 1. The topological polar surface area (TPSA) is 157 Å². The van der Waals surface area contributed by atoms with E-state index in [9.17, 15) is 22.6 Å². The average Bonchev–Trinajstić information content (AvgIpc) is 2.89. The molecule has 2 amide bonds. The number of ether oxygens (including phenoxy) is 2. The van der Waals surface area contributed by atoms with E-state index >= 15 is 4.39 Å². The number of carbonyl (C=O) groups is 2. The highest BCUT2D eigenvalue weighted by atomic mass is 32.2. The molecule has 2 aromatic heterocycles. The maximum atomic E-state index is 15.5. The van der Waals surface area contributed by atoms with Crippen LogP contribution in [0.3, 0.4) is 0 Å². The zero-order chi connectivity index (χ0) is 31.3. The Labute approximate surface area is 241 Å². The van der Waals surface area contributed by atoms with Crippen LogP contribution in [0.5, 0.6) is 5.88 Å². The highest BCUT2D eigenvalue weighted by molar-refractivity contribution is 7.96. The first-order chi connectivity index (χ1) is 19.3. The van der Waals surface area contributed by atoms with E-state index in [0.717, 1.165) is 18.3 Å². The summed E-state index contributed by atoms with van der Waals surface area (Å²) in [5.74, 6) is -5.25. The van der Waals surface area contributed by atoms with Crippen molar-refractivity contribution in [3.05, 3.63) is 41.7 Å². The number of hydrogen-bond donors (Lipinski definition) is 2. The van der Waals surface area contributed by atoms with Crippen molar-refractivity contribution in [1.29, 1.82) is 0 Å². The lowest BCUT2D eigenvalue weighted by Crippen LogP contribution is -2.64. The third-order valence-electron chi connectivity index (χ3n) is 6.89. The van der Waals surface area contributed by atoms with E-state index in [2.05, 4.69) is 34.9 Å². The zero-order valence-corrected chi connectivity index (χ0v) is 24.9. The van der Waals surface area contributed by atoms with Gasteiger partial charge in [0.1, 0.15) is 51.3 Å². The number of alkyl halides is 2. The number of amidine groups is 1. The molecule has 12 nitrogen and oxygen atoms in total. The van der Waals surface area contributed by atoms with Gasteiger partial charge in [-0.1, -0.05) is 0 Å². The molecule has 2 aromatic rings. The molecule has 0 aliphatic carbocycles. The second-order valence-electron chi connectivity index (χ2n) is 11.6. The normalized spacial score (nSPS) is 26.1. The lowest BCUT2D eigenvalue weighted by Gasteiger charge is -2.49. The Balaban J connectivity index is 1.83. The number of rotatable bonds is 4. The summed E-state index contributed by atoms with van der Waals surface area (Å²) >= 11 is 0. The lowest BCUT2D eigenvalue weighted by molar-refractivity contribution is -0.00694. The molecule has 2 N–H and O–H groups in total. The quantitative estimate of drug-likeness (QED) is 0.524. The van der Waals surface area contributed by atoms with Crippen LogP contribution in [0, 0.1) is 5.82 Å². The number of nitrogens with zero attached hydrogens (tertiary/aromatic N) is 5. The minimum Gasteiger partial charge on any atom is -0.480 e. The maximum Gasteiger partial charge on any atom is 0.413 e. The number of amides is 2. The highest BCUT2D eigenvalue weighted by Gasteiger charge is 2.61. The first-order valence-electron chi connectivity index (χ1n) is 12.9. The van der Waals surface area contributed by atoms with Gasteiger partial charge in [0, 0.05) is 6.42 Å². The van der Waals surface area contributed by atoms with Gasteiger partial charge in [0.2, 0.25) is 5.88 Å². The molecular formula is C26H32F3N7O5S. The van der Waals surface area contributed by atoms with E-state index < -0.39 is 73.3 Å². The molecular weight excluding hydrogens is 579 g/mol. The summed E-state index contributed by atoms with van der Waals surface area (Å²) in [6.07, 6.45) is 0.510. The van der Waals surface area contributed by atoms with Crippen molar-refractivity contribution in [2.45, 2.75) is 75.0 Å². The number of halogens is 3. The van der Waals surface area contributed by atoms with Crippen LogP contribution < -0.4 is 15.4 Å². The molecule has 4 heterocycles. The van der Waals surface area contributed by atoms with Crippen molar-refractivity contribution >= 4 is 33.4 Å². The van der Waals surface area contributed by atoms with E-state index in [1.807, 2.05) is 0 Å². The molecule has 0 spiro atoms. The molecule has 0 saturated heterocycles. The first-order valence-corrected chi connectivity index (χ1v) is 14.4. The number of hydrogen-bond acceptors (Lipinski definition) is 10. The Hall–Kier alpha value is -3.82. The molecule has 0 bridgehead atoms. The van der Waals surface area contributed by atoms with Gasteiger partial charge < -0.3 is 14.8 Å². The second kappa shape index (κ2) is 10.5. The van der Waals surface area contributed by atoms with Crippen LogP contribution in [0.25, 0.3) is 0 Å². The van der Waals surface area contributed by atoms with E-state index in [0.29, 0.717) is 0 Å². The van der Waals surface area contributed by atoms with Gasteiger partial charge in [-0.3, -0.25) is 15.1 Å². The van der Waals surface area contributed by atoms with Crippen molar-refractivity contribution in [3.63, 3.8) is 0 Å². The van der Waals surface area contributed by atoms with E-state index in [1.165, 1.54) is 34.1 Å². The molecule has 0 aromatic carbocycles. The third-order valence-corrected chi connectivity index (χ3v) is 10.5. The number of fused-ring (bicyclic) bond motifs is 1. The predicted octanol–water partition coefficient (Wildman–Crippen LogP) is 4.08. The Morgan fingerprint density at radius 1 is 1.10 bits per heavy atom. The summed E-state index contributed by atoms with van der Waals surface area (Å²) in [6, 6.07) is 2.13. The van der Waals surface area contributed by atoms with Gasteiger partial charge in [-0.25, -0.2) is 41.5 Å². The standard InChI is InChI=1S/C26H32F3N7O5S/c1-23(2,3)41-22(38)35-21-24(4,5)42(39)16(10-26(28,29)13-32-42)25(6,36-21)19-14(27)8-9-17(33-19)34-20(37)15-11-31-18(40-7)12-30-15/h8-9,11-12,16H,10,13H2,1-7H3,(H,33,34,37)(H,35,36,38)/t16-,25+,42-/m1/s1. The smallest absolute Gasteiger partial charge is 0.413 e. The molecule has 16 heteroatoms. The summed E-state index contributed by atoms with van der Waals surface area (Å²) in [5.41, 5.74) is -3.51. The van der Waals surface area contributed by atoms with Crippen molar-refractivity contribution < 1.29 is 36.4 Å². The van der Waals surface area contributed by atoms with Gasteiger partial charge in [0.05, 0.1) is 34.5 Å². The van der Waals surface area contributed by atoms with Gasteiger partial charge in [0.15, 0.2) is 0 Å². The zero-order valence-electron chi connectivity index (χ0n) is 24.1. The molecule has 3 atom stereocenters. The Morgan fingerprint density at radius 3 is 2.38 bits per heavy atom. The summed E-state index contributed by atoms with van der Waals surface area (Å²) in [7, 11) is -2.28. The molecule has 2 aliphatic rings. The lowest BCUT2D eigenvalue weighted by atomic mass is 9.88. The van der Waals surface area contributed by atoms with Crippen molar-refractivity contribution in [2.75, 3.05) is 19.0 Å². The number of alkyl carbamates (subject to hydrolysis) is 1. The number of aliphatic imine (C=N–C) groups is 1. The molecule has 0 unspecified atom stereocenters. The van der Waals surface area contributed by atoms with Crippen LogP contribution in [-0.2, 0) is 20.0 Å². The molecule has 0 radical (unpaired) electrons. The molecule has 0 fully saturated rings. The second-order valence-corrected chi connectivity index (χ2v) is 14.6. The van der Waals surface area contributed by atoms with Crippen LogP contribution >= 0.6 is 0 Å². The summed E-state index contributed by atoms with van der Waals surface area (Å²) in [5, 5.41) is 3.43. The number of pyridine rings is 1. The third kappa shape index (κ3) is 5.76. The minimum atomic E-state index is -3.66. The van der Waals surface area contributed by atoms with Crippen molar-refractivity contribution in [3.8, 4) is 5.88 Å². The molecule has 4 rings (SSSR count). The van der Waals surface area contributed by atoms with E-state index in [4.69, 9.17) is 9.47 Å². The van der Waals surface area contributed by atoms with Crippen molar-refractivity contribution in [1.82, 2.24) is 20.3 Å². The molecule has 228 valence electrons. The number of carbonyl (C=O) groups excluding carboxylic acids is 2. The van der Waals surface area contributed by atoms with Crippen molar-refractivity contribution in [2.24, 2.45) is 9.36 Å². The van der Waals surface area contributed by atoms with Gasteiger partial charge in [-0.15, -0.1) is 0 Å². The van der Waals surface area contributed by atoms with Gasteiger partial charge in [0.25, 0.3) is 11.8 Å². The fourth-order valence-corrected chi connectivity index (χ4v) is 7.93. The Morgan fingerprint density at radius 2 is 1.79 bits per heavy atom. The van der Waals surface area contributed by atoms with Crippen LogP contribution in [0.15, 0.2) is 33.9 Å². The van der Waals surface area contributed by atoms with E-state index in [-0.39, 0.29) is 23.2 Å². The average molecular weight is 612 g/mol. The number of methoxy groups -OCH3 is 1. The van der Waals surface area contributed by atoms with Crippen LogP contribution in [0.4, 0.5) is 23.8 Å². The Bertz CT molecular complexity index is 1570. The molecule has 42 heavy (non-hydrogen) atoms. The highest BCUT2D eigenvalue weighted by Crippen LogP contribution is 2.50. The fourth-order valence-electron chi connectivity index (χ4n) is 4.70. The Kier molecular flexibility index (Phi) is 7.76. The summed E-state index contributed by atoms with van der Waals surface area (Å²) in [6.45, 7) is 8.10. The predicted molar refractivity (Wildman–Crippen MR) is 148 cm³/mol. The number of aromatic nitrogens is 3. The maximum absolute atomic E-state index is 15.5. The summed E-state index contributed by atoms with van der Waals surface area (Å²) < 4.78 is 72.3. The largest absolute Gasteiger partial charge is 0.480 e. The monoisotopic (exact) mass is 611 g/mol. The van der Waals surface area contributed by atoms with Gasteiger partial charge >= 0.3 is 6.09 Å². The fraction of sp³-hybridized carbons (Fsp3) is 0.538. The first kappa shape index (κ1) is 31.1. The van der Waals surface area contributed by atoms with Gasteiger partial charge in [-0.2, -0.15) is 0 Å². The number of nitrogens with one attached hydrogen (secondary N) is 2. The van der Waals surface area contributed by atoms with E-state index in [1.54, 1.807) is 20.8 Å².